The van der Waals surface area contributed by atoms with Gasteiger partial charge in [-0.1, -0.05) is 39.0 Å². The molecule has 0 spiro atoms. The average Bonchev–Trinajstić information content (AvgIpc) is 2.01. The second-order valence-electron chi connectivity index (χ2n) is 3.09. The molecule has 0 aliphatic carbocycles. The quantitative estimate of drug-likeness (QED) is 0.379. The van der Waals surface area contributed by atoms with Gasteiger partial charge in [-0.3, -0.25) is 4.52 Å². The lowest BCUT2D eigenvalue weighted by Gasteiger charge is -2.04. The molecular weight excluding hydrogens is 231 g/mol. The van der Waals surface area contributed by atoms with Crippen molar-refractivity contribution in [1.29, 1.82) is 0 Å². The number of phosphoric ester groups is 1. The third-order valence-electron chi connectivity index (χ3n) is 1.76. The fourth-order valence-electron chi connectivity index (χ4n) is 1.07. The molecule has 0 heterocycles. The van der Waals surface area contributed by atoms with E-state index in [0.717, 1.165) is 19.3 Å². The molecule has 0 saturated carbocycles. The Hall–Kier alpha value is 0.836. The van der Waals surface area contributed by atoms with E-state index in [1.165, 1.54) is 19.3 Å². The van der Waals surface area contributed by atoms with Crippen LogP contribution >= 0.6 is 7.82 Å². The summed E-state index contributed by atoms with van der Waals surface area (Å²) in [6, 6.07) is 0. The van der Waals surface area contributed by atoms with Crippen LogP contribution in [0.2, 0.25) is 0 Å². The van der Waals surface area contributed by atoms with Crippen LogP contribution in [0.4, 0.5) is 0 Å². The Morgan fingerprint density at radius 2 is 1.53 bits per heavy atom. The summed E-state index contributed by atoms with van der Waals surface area (Å²) in [5.74, 6) is 0. The first-order valence-electron chi connectivity index (χ1n) is 4.76. The van der Waals surface area contributed by atoms with Crippen molar-refractivity contribution in [2.45, 2.75) is 45.4 Å². The van der Waals surface area contributed by atoms with Crippen molar-refractivity contribution in [2.24, 2.45) is 0 Å². The van der Waals surface area contributed by atoms with Gasteiger partial charge in [-0.25, -0.2) is 4.57 Å². The molecule has 0 saturated heterocycles. The average molecular weight is 255 g/mol. The van der Waals surface area contributed by atoms with Crippen LogP contribution in [0.1, 0.15) is 45.4 Å². The van der Waals surface area contributed by atoms with Gasteiger partial charge in [-0.05, 0) is 6.42 Å². The Morgan fingerprint density at radius 3 is 2.00 bits per heavy atom. The Balaban J connectivity index is -0.000000720. The molecule has 0 radical (unpaired) electrons. The molecule has 0 amide bonds. The first kappa shape index (κ1) is 21.2. The summed E-state index contributed by atoms with van der Waals surface area (Å²) >= 11 is 0. The lowest BCUT2D eigenvalue weighted by Crippen LogP contribution is -1.92. The molecule has 0 aromatic rings. The van der Waals surface area contributed by atoms with Gasteiger partial charge >= 0.3 is 30.9 Å². The molecule has 0 atom stereocenters. The standard InChI is InChI=1S/C8H19O4P.Mg.H2O.2H/c1-2-3-4-5-6-7-8-12-13(9,10)11;;;;/h2-8H2,1H3,(H2,9,10,11);;1H2;;. The van der Waals surface area contributed by atoms with E-state index < -0.39 is 7.82 Å². The molecule has 0 rings (SSSR count). The third-order valence-corrected chi connectivity index (χ3v) is 2.28. The molecule has 7 heteroatoms. The maximum Gasteiger partial charge on any atom is 0.469 e. The van der Waals surface area contributed by atoms with Crippen LogP contribution in [-0.4, -0.2) is 44.9 Å². The fraction of sp³-hybridized carbons (Fsp3) is 1.00. The van der Waals surface area contributed by atoms with Crippen LogP contribution in [-0.2, 0) is 9.09 Å². The van der Waals surface area contributed by atoms with Gasteiger partial charge < -0.3 is 15.3 Å². The molecule has 15 heavy (non-hydrogen) atoms. The first-order valence-corrected chi connectivity index (χ1v) is 6.29. The van der Waals surface area contributed by atoms with Gasteiger partial charge in [-0.15, -0.1) is 0 Å². The van der Waals surface area contributed by atoms with Gasteiger partial charge in [0, 0.05) is 0 Å². The maximum absolute atomic E-state index is 10.2. The summed E-state index contributed by atoms with van der Waals surface area (Å²) in [6.45, 7) is 2.31. The lowest BCUT2D eigenvalue weighted by molar-refractivity contribution is 0.193. The third kappa shape index (κ3) is 20.8. The summed E-state index contributed by atoms with van der Waals surface area (Å²) in [6.07, 6.45) is 6.48. The van der Waals surface area contributed by atoms with Crippen molar-refractivity contribution >= 4 is 30.9 Å². The van der Waals surface area contributed by atoms with Crippen molar-refractivity contribution in [1.82, 2.24) is 0 Å². The normalized spacial score (nSPS) is 10.3. The number of hydrogen-bond acceptors (Lipinski definition) is 2. The molecule has 0 aliphatic heterocycles. The number of unbranched alkanes of at least 4 members (excludes halogenated alkanes) is 5. The fourth-order valence-corrected chi connectivity index (χ4v) is 1.43. The van der Waals surface area contributed by atoms with Gasteiger partial charge in [0.2, 0.25) is 0 Å². The van der Waals surface area contributed by atoms with Crippen LogP contribution < -0.4 is 0 Å². The molecule has 5 nitrogen and oxygen atoms in total. The van der Waals surface area contributed by atoms with E-state index in [1.807, 2.05) is 0 Å². The Kier molecular flexibility index (Phi) is 18.2. The minimum atomic E-state index is -4.23. The maximum atomic E-state index is 10.2. The monoisotopic (exact) mass is 254 g/mol. The number of rotatable bonds is 8. The van der Waals surface area contributed by atoms with Crippen molar-refractivity contribution in [3.05, 3.63) is 0 Å². The van der Waals surface area contributed by atoms with E-state index in [9.17, 15) is 4.57 Å². The SMILES string of the molecule is CCCCCCCCOP(=O)(O)O.O.[MgH2]. The molecule has 0 unspecified atom stereocenters. The number of phosphoric acid groups is 1. The Morgan fingerprint density at radius 1 is 1.07 bits per heavy atom. The van der Waals surface area contributed by atoms with Crippen LogP contribution in [0.15, 0.2) is 0 Å². The molecule has 0 aliphatic rings. The van der Waals surface area contributed by atoms with Gasteiger partial charge in [0.25, 0.3) is 0 Å². The summed E-state index contributed by atoms with van der Waals surface area (Å²) < 4.78 is 14.5. The molecule has 0 bridgehead atoms. The molecule has 0 fully saturated rings. The Bertz CT molecular complexity index is 161. The highest BCUT2D eigenvalue weighted by Gasteiger charge is 2.12. The van der Waals surface area contributed by atoms with Crippen molar-refractivity contribution < 1.29 is 24.4 Å². The van der Waals surface area contributed by atoms with E-state index in [-0.39, 0.29) is 35.1 Å². The molecule has 0 aromatic carbocycles. The second-order valence-corrected chi connectivity index (χ2v) is 4.33. The van der Waals surface area contributed by atoms with Crippen LogP contribution in [0.5, 0.6) is 0 Å². The minimum absolute atomic E-state index is 0. The smallest absolute Gasteiger partial charge is 0.412 e. The second kappa shape index (κ2) is 12.9. The van der Waals surface area contributed by atoms with Crippen molar-refractivity contribution in [2.75, 3.05) is 6.61 Å². The van der Waals surface area contributed by atoms with E-state index in [2.05, 4.69) is 11.4 Å². The zero-order valence-corrected chi connectivity index (χ0v) is 9.50. The highest BCUT2D eigenvalue weighted by molar-refractivity contribution is 7.46. The number of hydrogen-bond donors (Lipinski definition) is 2. The summed E-state index contributed by atoms with van der Waals surface area (Å²) in [4.78, 5) is 16.7. The molecule has 4 N–H and O–H groups in total. The summed E-state index contributed by atoms with van der Waals surface area (Å²) in [5, 5.41) is 0. The first-order chi connectivity index (χ1) is 6.06. The van der Waals surface area contributed by atoms with E-state index in [0.29, 0.717) is 0 Å². The van der Waals surface area contributed by atoms with E-state index in [1.54, 1.807) is 0 Å². The lowest BCUT2D eigenvalue weighted by atomic mass is 10.1. The molecular formula is C8H23MgO5P. The highest BCUT2D eigenvalue weighted by atomic mass is 31.2. The zero-order chi connectivity index (χ0) is 10.2. The van der Waals surface area contributed by atoms with Crippen LogP contribution in [0.25, 0.3) is 0 Å². The summed E-state index contributed by atoms with van der Waals surface area (Å²) in [7, 11) is -4.23. The predicted octanol–water partition coefficient (Wildman–Crippen LogP) is 0.715. The van der Waals surface area contributed by atoms with Gasteiger partial charge in [0.05, 0.1) is 6.61 Å². The Labute approximate surface area is 107 Å². The van der Waals surface area contributed by atoms with Gasteiger partial charge in [0.1, 0.15) is 0 Å². The van der Waals surface area contributed by atoms with Gasteiger partial charge in [0.15, 0.2) is 0 Å². The largest absolute Gasteiger partial charge is 0.469 e. The van der Waals surface area contributed by atoms with Crippen molar-refractivity contribution in [3.63, 3.8) is 0 Å². The van der Waals surface area contributed by atoms with E-state index in [4.69, 9.17) is 9.79 Å². The highest BCUT2D eigenvalue weighted by Crippen LogP contribution is 2.35. The van der Waals surface area contributed by atoms with E-state index >= 15 is 0 Å². The molecule has 0 aromatic heterocycles. The predicted molar refractivity (Wildman–Crippen MR) is 63.5 cm³/mol. The minimum Gasteiger partial charge on any atom is -0.412 e. The molecule has 92 valence electrons. The van der Waals surface area contributed by atoms with Crippen molar-refractivity contribution in [3.8, 4) is 0 Å². The van der Waals surface area contributed by atoms with Crippen LogP contribution in [0, 0.1) is 0 Å². The van der Waals surface area contributed by atoms with Gasteiger partial charge in [-0.2, -0.15) is 0 Å². The summed E-state index contributed by atoms with van der Waals surface area (Å²) in [5.41, 5.74) is 0. The van der Waals surface area contributed by atoms with Crippen LogP contribution in [0.3, 0.4) is 0 Å². The zero-order valence-electron chi connectivity index (χ0n) is 8.61. The topological polar surface area (TPSA) is 98.3 Å².